The lowest BCUT2D eigenvalue weighted by Gasteiger charge is -2.32. The van der Waals surface area contributed by atoms with Crippen molar-refractivity contribution in [3.63, 3.8) is 0 Å². The number of quaternary nitrogens is 2. The van der Waals surface area contributed by atoms with Crippen molar-refractivity contribution in [3.8, 4) is 0 Å². The van der Waals surface area contributed by atoms with E-state index in [1.165, 1.54) is 69.4 Å². The Morgan fingerprint density at radius 3 is 1.39 bits per heavy atom. The summed E-state index contributed by atoms with van der Waals surface area (Å²) in [5.74, 6) is 0. The molecule has 2 fully saturated rings. The normalized spacial score (nSPS) is 16.2. The van der Waals surface area contributed by atoms with Crippen molar-refractivity contribution in [2.24, 2.45) is 0 Å². The van der Waals surface area contributed by atoms with Crippen LogP contribution in [0.2, 0.25) is 0 Å². The van der Waals surface area contributed by atoms with Crippen molar-refractivity contribution in [2.75, 3.05) is 74.8 Å². The number of hydrogen-bond acceptors (Lipinski definition) is 4. The molecule has 2 aromatic rings. The number of aromatic nitrogens is 2. The van der Waals surface area contributed by atoms with E-state index in [1.807, 2.05) is 50.9 Å². The molecular weight excluding hydrogens is 612 g/mol. The highest BCUT2D eigenvalue weighted by Gasteiger charge is 2.29. The van der Waals surface area contributed by atoms with Crippen molar-refractivity contribution in [3.05, 3.63) is 63.9 Å². The molecule has 0 spiro atoms. The average Bonchev–Trinajstić information content (AvgIpc) is 3.94. The molecular formula is C41H86N4O4. The van der Waals surface area contributed by atoms with E-state index in [1.54, 1.807) is 19.1 Å². The van der Waals surface area contributed by atoms with E-state index >= 15 is 0 Å². The number of methoxy groups -OCH3 is 4. The first-order valence-electron chi connectivity index (χ1n) is 18.2. The van der Waals surface area contributed by atoms with E-state index in [9.17, 15) is 0 Å². The van der Waals surface area contributed by atoms with E-state index in [0.29, 0.717) is 24.4 Å². The van der Waals surface area contributed by atoms with E-state index in [2.05, 4.69) is 63.6 Å². The molecule has 0 radical (unpaired) electrons. The zero-order chi connectivity index (χ0) is 34.5. The number of H-pyrrole nitrogens is 1. The van der Waals surface area contributed by atoms with Crippen LogP contribution in [0, 0.1) is 14.9 Å². The molecule has 49 heavy (non-hydrogen) atoms. The topological polar surface area (TPSA) is 62.1 Å². The van der Waals surface area contributed by atoms with Crippen LogP contribution in [0.15, 0.2) is 49.1 Å². The molecule has 4 heterocycles. The van der Waals surface area contributed by atoms with Gasteiger partial charge in [0.15, 0.2) is 0 Å². The molecule has 2 aliphatic heterocycles. The number of nitrogens with one attached hydrogen (secondary N) is 2. The minimum atomic E-state index is 0. The molecule has 2 aromatic heterocycles. The summed E-state index contributed by atoms with van der Waals surface area (Å²) in [5.41, 5.74) is 0. The zero-order valence-electron chi connectivity index (χ0n) is 33.8. The molecule has 0 amide bonds. The van der Waals surface area contributed by atoms with Crippen molar-refractivity contribution in [1.29, 1.82) is 0 Å². The highest BCUT2D eigenvalue weighted by Crippen LogP contribution is 2.18. The maximum absolute atomic E-state index is 5.41. The van der Waals surface area contributed by atoms with Gasteiger partial charge in [-0.15, -0.1) is 0 Å². The number of aromatic amines is 1. The van der Waals surface area contributed by atoms with Crippen molar-refractivity contribution < 1.29 is 28.3 Å². The molecule has 0 aromatic carbocycles. The van der Waals surface area contributed by atoms with Gasteiger partial charge in [0, 0.05) is 85.5 Å². The number of likely N-dealkylation sites (N-methyl/N-ethyl adjacent to an activating group) is 1. The van der Waals surface area contributed by atoms with Gasteiger partial charge in [0.2, 0.25) is 0 Å². The predicted molar refractivity (Wildman–Crippen MR) is 214 cm³/mol. The second-order valence-electron chi connectivity index (χ2n) is 12.9. The summed E-state index contributed by atoms with van der Waals surface area (Å²) >= 11 is 0. The van der Waals surface area contributed by atoms with Gasteiger partial charge in [0.1, 0.15) is 25.3 Å². The van der Waals surface area contributed by atoms with E-state index in [0.717, 1.165) is 38.6 Å². The first-order chi connectivity index (χ1) is 22.3. The van der Waals surface area contributed by atoms with Gasteiger partial charge in [-0.3, -0.25) is 0 Å². The Hall–Kier alpha value is -1.68. The van der Waals surface area contributed by atoms with Gasteiger partial charge < -0.3 is 52.7 Å². The van der Waals surface area contributed by atoms with Crippen LogP contribution >= 0.6 is 0 Å². The molecule has 8 nitrogen and oxygen atoms in total. The summed E-state index contributed by atoms with van der Waals surface area (Å²) in [6.07, 6.45) is 20.9. The minimum absolute atomic E-state index is 0. The molecule has 2 N–H and O–H groups in total. The van der Waals surface area contributed by atoms with Crippen LogP contribution in [0.25, 0.3) is 0 Å². The SMILES string of the molecule is C.CCC(CC)OC.CCC(C[N+]1(C)CCCC1)OC.CCC(C[NH+]1CCCC1)OC.CCC(Cn1cccc1)OC.[CH3-].[CH3-].c1cc[nH]c1. The van der Waals surface area contributed by atoms with Gasteiger partial charge in [0.05, 0.1) is 45.4 Å². The molecule has 4 rings (SSSR count). The summed E-state index contributed by atoms with van der Waals surface area (Å²) in [4.78, 5) is 4.60. The maximum Gasteiger partial charge on any atom is 0.106 e. The summed E-state index contributed by atoms with van der Waals surface area (Å²) in [6, 6.07) is 7.95. The lowest BCUT2D eigenvalue weighted by molar-refractivity contribution is -0.900. The maximum atomic E-state index is 5.41. The summed E-state index contributed by atoms with van der Waals surface area (Å²) < 4.78 is 24.4. The fourth-order valence-corrected chi connectivity index (χ4v) is 5.94. The molecule has 294 valence electrons. The van der Waals surface area contributed by atoms with Crippen LogP contribution < -0.4 is 4.90 Å². The number of hydrogen-bond donors (Lipinski definition) is 2. The molecule has 0 aliphatic carbocycles. The third-order valence-electron chi connectivity index (χ3n) is 9.30. The Morgan fingerprint density at radius 1 is 0.633 bits per heavy atom. The fraction of sp³-hybridized carbons (Fsp3) is 0.756. The van der Waals surface area contributed by atoms with Crippen molar-refractivity contribution in [1.82, 2.24) is 9.55 Å². The number of rotatable bonds is 15. The zero-order valence-corrected chi connectivity index (χ0v) is 33.8. The molecule has 2 saturated heterocycles. The van der Waals surface area contributed by atoms with Crippen LogP contribution in [0.5, 0.6) is 0 Å². The Morgan fingerprint density at radius 2 is 1.06 bits per heavy atom. The quantitative estimate of drug-likeness (QED) is 0.146. The van der Waals surface area contributed by atoms with Gasteiger partial charge in [-0.2, -0.15) is 0 Å². The van der Waals surface area contributed by atoms with E-state index in [-0.39, 0.29) is 22.3 Å². The summed E-state index contributed by atoms with van der Waals surface area (Å²) in [5, 5.41) is 0. The van der Waals surface area contributed by atoms with Crippen LogP contribution in [0.4, 0.5) is 0 Å². The molecule has 0 bridgehead atoms. The van der Waals surface area contributed by atoms with E-state index in [4.69, 9.17) is 18.9 Å². The van der Waals surface area contributed by atoms with Crippen LogP contribution in [0.1, 0.15) is 99.8 Å². The van der Waals surface area contributed by atoms with Gasteiger partial charge in [-0.05, 0) is 56.4 Å². The number of likely N-dealkylation sites (tertiary alicyclic amines) is 2. The third kappa shape index (κ3) is 27.7. The molecule has 3 unspecified atom stereocenters. The Balaban J connectivity index is -0.000000261. The molecule has 8 heteroatoms. The van der Waals surface area contributed by atoms with E-state index < -0.39 is 0 Å². The fourth-order valence-electron chi connectivity index (χ4n) is 5.94. The molecule has 2 aliphatic rings. The van der Waals surface area contributed by atoms with Gasteiger partial charge in [0.25, 0.3) is 0 Å². The first-order valence-corrected chi connectivity index (χ1v) is 18.2. The smallest absolute Gasteiger partial charge is 0.106 e. The Labute approximate surface area is 306 Å². The predicted octanol–water partition coefficient (Wildman–Crippen LogP) is 8.03. The highest BCUT2D eigenvalue weighted by atomic mass is 16.5. The van der Waals surface area contributed by atoms with Gasteiger partial charge in [-0.1, -0.05) is 42.0 Å². The average molecular weight is 699 g/mol. The summed E-state index contributed by atoms with van der Waals surface area (Å²) in [6.45, 7) is 19.6. The largest absolute Gasteiger partial charge is 0.381 e. The van der Waals surface area contributed by atoms with Crippen molar-refractivity contribution >= 4 is 0 Å². The summed E-state index contributed by atoms with van der Waals surface area (Å²) in [7, 11) is 9.53. The minimum Gasteiger partial charge on any atom is -0.381 e. The lowest BCUT2D eigenvalue weighted by atomic mass is 10.2. The molecule has 3 atom stereocenters. The highest BCUT2D eigenvalue weighted by molar-refractivity contribution is 4.90. The van der Waals surface area contributed by atoms with Crippen LogP contribution in [-0.4, -0.2) is 113 Å². The lowest BCUT2D eigenvalue weighted by Crippen LogP contribution is -3.11. The second kappa shape index (κ2) is 36.1. The number of nitrogens with zero attached hydrogens (tertiary/aromatic N) is 2. The van der Waals surface area contributed by atoms with Crippen LogP contribution in [-0.2, 0) is 25.5 Å². The van der Waals surface area contributed by atoms with Crippen molar-refractivity contribution in [2.45, 2.75) is 131 Å². The second-order valence-corrected chi connectivity index (χ2v) is 12.9. The Kier molecular flexibility index (Phi) is 39.9. The first kappa shape index (κ1) is 54.1. The van der Waals surface area contributed by atoms with Gasteiger partial charge >= 0.3 is 0 Å². The Bertz CT molecular complexity index is 799. The molecule has 0 saturated carbocycles. The third-order valence-corrected chi connectivity index (χ3v) is 9.30. The standard InChI is InChI=1S/C10H22NO.C9H19NO.C9H15NO.C6H14O.C4H5N.CH4.2CH3/c1-4-10(12-3)9-11(2)7-5-6-8-11;2*1-3-9(11-2)8-10-6-4-5-7-10;1-4-6(5-2)7-3;1-2-4-5-3-1;;;/h10H,4-9H2,1-3H3;9H,3-8H2,1-2H3;4-7,9H,3,8H2,1-2H3;6H,4-5H2,1-3H3;1-5H;1H4;2*1H3/q+1;;;;;;2*-1/p+1. The monoisotopic (exact) mass is 699 g/mol. The number of ether oxygens (including phenoxy) is 4. The van der Waals surface area contributed by atoms with Crippen LogP contribution in [0.3, 0.4) is 0 Å². The van der Waals surface area contributed by atoms with Gasteiger partial charge in [-0.25, -0.2) is 0 Å².